The number of anilines is 1. The van der Waals surface area contributed by atoms with Crippen molar-refractivity contribution in [2.45, 2.75) is 18.6 Å². The minimum atomic E-state index is -0.155. The quantitative estimate of drug-likeness (QED) is 0.290. The molecule has 0 atom stereocenters. The Morgan fingerprint density at radius 1 is 1.00 bits per heavy atom. The van der Waals surface area contributed by atoms with E-state index in [1.165, 1.54) is 11.8 Å². The van der Waals surface area contributed by atoms with Crippen LogP contribution in [0.25, 0.3) is 33.5 Å². The number of benzene rings is 3. The lowest BCUT2D eigenvalue weighted by Gasteiger charge is -2.12. The van der Waals surface area contributed by atoms with Gasteiger partial charge in [0.15, 0.2) is 11.0 Å². The first-order valence-electron chi connectivity index (χ1n) is 11.5. The SMILES string of the molecule is CCn1c(SCC(=O)Nc2ccc(C#N)cc2)nnc1-c1cc(-c2ccccc2)nc2ccccc12. The zero-order valence-electron chi connectivity index (χ0n) is 19.5. The number of hydrogen-bond acceptors (Lipinski definition) is 6. The summed E-state index contributed by atoms with van der Waals surface area (Å²) in [5.41, 5.74) is 4.92. The Morgan fingerprint density at radius 2 is 1.75 bits per heavy atom. The molecule has 0 aliphatic heterocycles. The van der Waals surface area contributed by atoms with Crippen molar-refractivity contribution in [3.63, 3.8) is 0 Å². The predicted molar refractivity (Wildman–Crippen MR) is 142 cm³/mol. The van der Waals surface area contributed by atoms with Gasteiger partial charge in [0.2, 0.25) is 5.91 Å². The second kappa shape index (κ2) is 10.4. The Kier molecular flexibility index (Phi) is 6.74. The maximum atomic E-state index is 12.5. The largest absolute Gasteiger partial charge is 0.325 e. The first kappa shape index (κ1) is 23.3. The molecule has 5 rings (SSSR count). The molecule has 7 nitrogen and oxygen atoms in total. The highest BCUT2D eigenvalue weighted by Crippen LogP contribution is 2.33. The molecule has 2 heterocycles. The van der Waals surface area contributed by atoms with Gasteiger partial charge in [-0.25, -0.2) is 4.98 Å². The predicted octanol–water partition coefficient (Wildman–Crippen LogP) is 5.78. The van der Waals surface area contributed by atoms with Crippen molar-refractivity contribution >= 4 is 34.3 Å². The van der Waals surface area contributed by atoms with E-state index in [0.29, 0.717) is 23.0 Å². The van der Waals surface area contributed by atoms with Crippen molar-refractivity contribution in [3.05, 3.63) is 90.5 Å². The lowest BCUT2D eigenvalue weighted by Crippen LogP contribution is -2.14. The van der Waals surface area contributed by atoms with Crippen molar-refractivity contribution < 1.29 is 4.79 Å². The lowest BCUT2D eigenvalue weighted by molar-refractivity contribution is -0.113. The van der Waals surface area contributed by atoms with Gasteiger partial charge < -0.3 is 9.88 Å². The maximum absolute atomic E-state index is 12.5. The minimum absolute atomic E-state index is 0.155. The molecule has 36 heavy (non-hydrogen) atoms. The van der Waals surface area contributed by atoms with Crippen molar-refractivity contribution in [3.8, 4) is 28.7 Å². The van der Waals surface area contributed by atoms with Gasteiger partial charge in [0.1, 0.15) is 0 Å². The van der Waals surface area contributed by atoms with Gasteiger partial charge in [-0.15, -0.1) is 10.2 Å². The zero-order valence-corrected chi connectivity index (χ0v) is 20.4. The van der Waals surface area contributed by atoms with Gasteiger partial charge in [0, 0.05) is 28.7 Å². The van der Waals surface area contributed by atoms with Crippen LogP contribution in [0.15, 0.2) is 90.1 Å². The van der Waals surface area contributed by atoms with Crippen LogP contribution < -0.4 is 5.32 Å². The second-order valence-electron chi connectivity index (χ2n) is 8.01. The fraction of sp³-hybridized carbons (Fsp3) is 0.107. The van der Waals surface area contributed by atoms with E-state index >= 15 is 0 Å². The molecule has 0 bridgehead atoms. The van der Waals surface area contributed by atoms with E-state index in [9.17, 15) is 4.79 Å². The average molecular weight is 491 g/mol. The monoisotopic (exact) mass is 490 g/mol. The summed E-state index contributed by atoms with van der Waals surface area (Å²) in [6.07, 6.45) is 0. The third-order valence-corrected chi connectivity index (χ3v) is 6.66. The van der Waals surface area contributed by atoms with Gasteiger partial charge in [0.25, 0.3) is 0 Å². The van der Waals surface area contributed by atoms with E-state index < -0.39 is 0 Å². The van der Waals surface area contributed by atoms with Gasteiger partial charge in [0.05, 0.1) is 28.6 Å². The summed E-state index contributed by atoms with van der Waals surface area (Å²) in [5.74, 6) is 0.769. The third-order valence-electron chi connectivity index (χ3n) is 5.69. The number of para-hydroxylation sites is 1. The molecule has 1 N–H and O–H groups in total. The van der Waals surface area contributed by atoms with Crippen LogP contribution in [-0.4, -0.2) is 31.4 Å². The summed E-state index contributed by atoms with van der Waals surface area (Å²) in [4.78, 5) is 17.4. The molecule has 3 aromatic carbocycles. The molecule has 0 spiro atoms. The minimum Gasteiger partial charge on any atom is -0.325 e. The Balaban J connectivity index is 1.43. The molecule has 0 radical (unpaired) electrons. The van der Waals surface area contributed by atoms with Crippen molar-refractivity contribution in [2.75, 3.05) is 11.1 Å². The molecule has 0 saturated carbocycles. The highest BCUT2D eigenvalue weighted by Gasteiger charge is 2.18. The number of amides is 1. The molecular weight excluding hydrogens is 468 g/mol. The first-order chi connectivity index (χ1) is 17.7. The highest BCUT2D eigenvalue weighted by atomic mass is 32.2. The summed E-state index contributed by atoms with van der Waals surface area (Å²) in [6.45, 7) is 2.69. The highest BCUT2D eigenvalue weighted by molar-refractivity contribution is 7.99. The van der Waals surface area contributed by atoms with E-state index in [4.69, 9.17) is 10.2 Å². The number of rotatable bonds is 7. The molecule has 8 heteroatoms. The summed E-state index contributed by atoms with van der Waals surface area (Å²) in [6, 6.07) is 29.0. The Bertz CT molecular complexity index is 1570. The number of fused-ring (bicyclic) bond motifs is 1. The number of hydrogen-bond donors (Lipinski definition) is 1. The van der Waals surface area contributed by atoms with Gasteiger partial charge in [-0.2, -0.15) is 5.26 Å². The Hall–Kier alpha value is -4.48. The smallest absolute Gasteiger partial charge is 0.234 e. The second-order valence-corrected chi connectivity index (χ2v) is 8.96. The fourth-order valence-corrected chi connectivity index (χ4v) is 4.75. The normalized spacial score (nSPS) is 10.8. The molecular formula is C28H22N6OS. The summed E-state index contributed by atoms with van der Waals surface area (Å²) in [7, 11) is 0. The molecule has 0 aliphatic rings. The van der Waals surface area contributed by atoms with E-state index in [1.807, 2.05) is 66.1 Å². The van der Waals surface area contributed by atoms with E-state index in [2.05, 4.69) is 27.6 Å². The molecule has 0 saturated heterocycles. The van der Waals surface area contributed by atoms with Gasteiger partial charge in [-0.1, -0.05) is 60.3 Å². The number of nitrogens with zero attached hydrogens (tertiary/aromatic N) is 5. The van der Waals surface area contributed by atoms with Crippen LogP contribution in [-0.2, 0) is 11.3 Å². The number of carbonyl (C=O) groups excluding carboxylic acids is 1. The van der Waals surface area contributed by atoms with Crippen LogP contribution in [0, 0.1) is 11.3 Å². The van der Waals surface area contributed by atoms with Crippen LogP contribution in [0.5, 0.6) is 0 Å². The number of nitriles is 1. The van der Waals surface area contributed by atoms with Crippen molar-refractivity contribution in [1.29, 1.82) is 5.26 Å². The van der Waals surface area contributed by atoms with E-state index in [0.717, 1.165) is 33.5 Å². The molecule has 176 valence electrons. The fourth-order valence-electron chi connectivity index (χ4n) is 3.95. The van der Waals surface area contributed by atoms with E-state index in [1.54, 1.807) is 24.3 Å². The number of pyridine rings is 1. The molecule has 1 amide bonds. The van der Waals surface area contributed by atoms with E-state index in [-0.39, 0.29) is 11.7 Å². The molecule has 2 aromatic heterocycles. The number of nitrogens with one attached hydrogen (secondary N) is 1. The van der Waals surface area contributed by atoms with Crippen molar-refractivity contribution in [1.82, 2.24) is 19.7 Å². The molecule has 0 aliphatic carbocycles. The standard InChI is InChI=1S/C28H22N6OS/c1-2-34-27(32-33-28(34)36-18-26(35)30-21-14-12-19(17-29)13-15-21)23-16-25(20-8-4-3-5-9-20)31-24-11-7-6-10-22(23)24/h3-16H,2,18H2,1H3,(H,30,35). The maximum Gasteiger partial charge on any atom is 0.234 e. The number of thioether (sulfide) groups is 1. The van der Waals surface area contributed by atoms with Crippen LogP contribution in [0.3, 0.4) is 0 Å². The lowest BCUT2D eigenvalue weighted by atomic mass is 10.0. The van der Waals surface area contributed by atoms with Crippen LogP contribution in [0.2, 0.25) is 0 Å². The zero-order chi connectivity index (χ0) is 24.9. The van der Waals surface area contributed by atoms with Crippen LogP contribution >= 0.6 is 11.8 Å². The molecule has 0 unspecified atom stereocenters. The third kappa shape index (κ3) is 4.83. The van der Waals surface area contributed by atoms with Crippen LogP contribution in [0.4, 0.5) is 5.69 Å². The summed E-state index contributed by atoms with van der Waals surface area (Å²) < 4.78 is 2.02. The number of aromatic nitrogens is 4. The van der Waals surface area contributed by atoms with Gasteiger partial charge >= 0.3 is 0 Å². The topological polar surface area (TPSA) is 96.5 Å². The summed E-state index contributed by atoms with van der Waals surface area (Å²) in [5, 5.41) is 22.4. The van der Waals surface area contributed by atoms with Crippen molar-refractivity contribution in [2.24, 2.45) is 0 Å². The summed E-state index contributed by atoms with van der Waals surface area (Å²) >= 11 is 1.34. The van der Waals surface area contributed by atoms with Gasteiger partial charge in [-0.3, -0.25) is 4.79 Å². The van der Waals surface area contributed by atoms with Gasteiger partial charge in [-0.05, 0) is 43.3 Å². The number of carbonyl (C=O) groups is 1. The Labute approximate surface area is 212 Å². The Morgan fingerprint density at radius 3 is 2.50 bits per heavy atom. The molecule has 0 fully saturated rings. The first-order valence-corrected chi connectivity index (χ1v) is 12.5. The average Bonchev–Trinajstić information content (AvgIpc) is 3.35. The van der Waals surface area contributed by atoms with Crippen LogP contribution in [0.1, 0.15) is 12.5 Å². The molecule has 5 aromatic rings.